The number of benzene rings is 4. The van der Waals surface area contributed by atoms with Crippen LogP contribution in [0, 0.1) is 0 Å². The van der Waals surface area contributed by atoms with Crippen LogP contribution in [-0.4, -0.2) is 14.5 Å². The second kappa shape index (κ2) is 7.86. The van der Waals surface area contributed by atoms with Crippen LogP contribution >= 0.6 is 0 Å². The molecule has 5 heterocycles. The zero-order valence-electron chi connectivity index (χ0n) is 24.2. The summed E-state index contributed by atoms with van der Waals surface area (Å²) in [7, 11) is 0. The topological polar surface area (TPSA) is 34.0 Å². The van der Waals surface area contributed by atoms with E-state index in [9.17, 15) is 0 Å². The fraction of sp³-hybridized carbons (Fsp3) is 0.158. The Kier molecular flexibility index (Phi) is 4.44. The van der Waals surface area contributed by atoms with Crippen molar-refractivity contribution in [2.75, 3.05) is 4.90 Å². The Labute approximate surface area is 244 Å². The molecule has 0 radical (unpaired) electrons. The van der Waals surface area contributed by atoms with Crippen molar-refractivity contribution in [1.82, 2.24) is 14.5 Å². The highest BCUT2D eigenvalue weighted by Gasteiger charge is 2.43. The maximum atomic E-state index is 4.97. The SMILES string of the molecule is CC1(C)c2cccc3c2-n2c4c1cccc4c1cc(N(c4ccccn4)c4nccc5ccccc45)cc(c12)C3(C)C. The van der Waals surface area contributed by atoms with Crippen molar-refractivity contribution < 1.29 is 0 Å². The van der Waals surface area contributed by atoms with Gasteiger partial charge in [0.05, 0.1) is 22.4 Å². The molecule has 0 aliphatic carbocycles. The molecule has 4 nitrogen and oxygen atoms in total. The first-order valence-electron chi connectivity index (χ1n) is 14.7. The molecule has 0 unspecified atom stereocenters. The van der Waals surface area contributed by atoms with Gasteiger partial charge in [-0.05, 0) is 58.0 Å². The first kappa shape index (κ1) is 23.7. The molecule has 0 atom stereocenters. The van der Waals surface area contributed by atoms with Crippen LogP contribution in [0.25, 0.3) is 38.3 Å². The smallest absolute Gasteiger partial charge is 0.146 e. The lowest BCUT2D eigenvalue weighted by atomic mass is 9.68. The van der Waals surface area contributed by atoms with E-state index in [1.165, 1.54) is 49.7 Å². The molecule has 0 amide bonds. The van der Waals surface area contributed by atoms with Gasteiger partial charge in [-0.25, -0.2) is 9.97 Å². The number of hydrogen-bond donors (Lipinski definition) is 0. The predicted molar refractivity (Wildman–Crippen MR) is 173 cm³/mol. The molecule has 0 fully saturated rings. The van der Waals surface area contributed by atoms with Crippen molar-refractivity contribution >= 4 is 49.9 Å². The van der Waals surface area contributed by atoms with E-state index in [0.29, 0.717) is 0 Å². The van der Waals surface area contributed by atoms with Crippen molar-refractivity contribution in [3.63, 3.8) is 0 Å². The lowest BCUT2D eigenvalue weighted by molar-refractivity contribution is 0.593. The predicted octanol–water partition coefficient (Wildman–Crippen LogP) is 9.48. The second-order valence-electron chi connectivity index (χ2n) is 12.8. The van der Waals surface area contributed by atoms with Crippen LogP contribution in [0.5, 0.6) is 0 Å². The van der Waals surface area contributed by atoms with Crippen LogP contribution < -0.4 is 4.90 Å². The number of fused-ring (bicyclic) bond motifs is 2. The molecule has 0 N–H and O–H groups in total. The van der Waals surface area contributed by atoms with Crippen LogP contribution in [0.15, 0.2) is 109 Å². The van der Waals surface area contributed by atoms with Gasteiger partial charge in [-0.1, -0.05) is 94.4 Å². The number of pyridine rings is 2. The summed E-state index contributed by atoms with van der Waals surface area (Å²) in [6.07, 6.45) is 3.76. The largest absolute Gasteiger partial charge is 0.308 e. The highest BCUT2D eigenvalue weighted by atomic mass is 15.2. The highest BCUT2D eigenvalue weighted by molar-refractivity contribution is 6.15. The van der Waals surface area contributed by atoms with Crippen molar-refractivity contribution in [2.24, 2.45) is 0 Å². The Hall–Kier alpha value is -4.96. The summed E-state index contributed by atoms with van der Waals surface area (Å²) in [6.45, 7) is 9.52. The van der Waals surface area contributed by atoms with Crippen molar-refractivity contribution in [1.29, 1.82) is 0 Å². The number of rotatable bonds is 3. The van der Waals surface area contributed by atoms with Crippen molar-refractivity contribution in [3.05, 3.63) is 132 Å². The molecule has 7 aromatic rings. The summed E-state index contributed by atoms with van der Waals surface area (Å²) in [5, 5.41) is 4.82. The van der Waals surface area contributed by atoms with Crippen LogP contribution in [0.3, 0.4) is 0 Å². The molecule has 0 saturated carbocycles. The minimum atomic E-state index is -0.209. The van der Waals surface area contributed by atoms with E-state index in [-0.39, 0.29) is 10.8 Å². The van der Waals surface area contributed by atoms with Gasteiger partial charge >= 0.3 is 0 Å². The number of hydrogen-bond acceptors (Lipinski definition) is 3. The van der Waals surface area contributed by atoms with E-state index < -0.39 is 0 Å². The summed E-state index contributed by atoms with van der Waals surface area (Å²) in [5.41, 5.74) is 10.2. The standard InChI is InChI=1S/C38H30N4/c1-37(2)28-14-9-13-26-27-21-24(22-31-34(27)42(33(26)28)35-29(37)15-10-16-30(35)38(31,3)4)41(32-17-7-8-19-39-32)36-25-12-6-5-11-23(25)18-20-40-36/h5-22H,1-4H3. The van der Waals surface area contributed by atoms with Gasteiger partial charge in [0.15, 0.2) is 0 Å². The van der Waals surface area contributed by atoms with Crippen LogP contribution in [0.1, 0.15) is 49.9 Å². The zero-order valence-corrected chi connectivity index (χ0v) is 24.2. The molecular weight excluding hydrogens is 512 g/mol. The first-order chi connectivity index (χ1) is 20.4. The van der Waals surface area contributed by atoms with Gasteiger partial charge in [-0.3, -0.25) is 4.90 Å². The molecule has 0 saturated heterocycles. The van der Waals surface area contributed by atoms with Gasteiger partial charge in [0, 0.05) is 39.4 Å². The minimum absolute atomic E-state index is 0.0987. The van der Waals surface area contributed by atoms with Crippen molar-refractivity contribution in [3.8, 4) is 5.69 Å². The third kappa shape index (κ3) is 2.82. The van der Waals surface area contributed by atoms with Gasteiger partial charge in [0.2, 0.25) is 0 Å². The normalized spacial score (nSPS) is 15.5. The maximum Gasteiger partial charge on any atom is 0.146 e. The monoisotopic (exact) mass is 542 g/mol. The molecule has 3 aromatic heterocycles. The van der Waals surface area contributed by atoms with Gasteiger partial charge in [-0.15, -0.1) is 0 Å². The number of nitrogens with zero attached hydrogens (tertiary/aromatic N) is 4. The van der Waals surface area contributed by atoms with Gasteiger partial charge in [0.25, 0.3) is 0 Å². The fourth-order valence-corrected chi connectivity index (χ4v) is 7.73. The molecule has 2 aliphatic heterocycles. The van der Waals surface area contributed by atoms with E-state index in [0.717, 1.165) is 28.1 Å². The van der Waals surface area contributed by atoms with E-state index in [1.807, 2.05) is 24.5 Å². The van der Waals surface area contributed by atoms with E-state index >= 15 is 0 Å². The lowest BCUT2D eigenvalue weighted by Gasteiger charge is -2.42. The molecule has 202 valence electrons. The van der Waals surface area contributed by atoms with E-state index in [1.54, 1.807) is 0 Å². The summed E-state index contributed by atoms with van der Waals surface area (Å²) in [6, 6.07) is 35.1. The number of para-hydroxylation sites is 2. The summed E-state index contributed by atoms with van der Waals surface area (Å²) in [5.74, 6) is 1.73. The zero-order chi connectivity index (χ0) is 28.4. The third-order valence-electron chi connectivity index (χ3n) is 9.82. The Morgan fingerprint density at radius 3 is 2.07 bits per heavy atom. The molecule has 42 heavy (non-hydrogen) atoms. The lowest BCUT2D eigenvalue weighted by Crippen LogP contribution is -2.33. The Morgan fingerprint density at radius 2 is 1.26 bits per heavy atom. The minimum Gasteiger partial charge on any atom is -0.308 e. The summed E-state index contributed by atoms with van der Waals surface area (Å²) < 4.78 is 2.57. The van der Waals surface area contributed by atoms with Crippen molar-refractivity contribution in [2.45, 2.75) is 38.5 Å². The molecule has 0 bridgehead atoms. The third-order valence-corrected chi connectivity index (χ3v) is 9.82. The van der Waals surface area contributed by atoms with Gasteiger partial charge < -0.3 is 4.57 Å². The molecule has 0 spiro atoms. The molecule has 4 aromatic carbocycles. The second-order valence-corrected chi connectivity index (χ2v) is 12.8. The van der Waals surface area contributed by atoms with E-state index in [2.05, 4.69) is 122 Å². The fourth-order valence-electron chi connectivity index (χ4n) is 7.73. The Morgan fingerprint density at radius 1 is 0.571 bits per heavy atom. The first-order valence-corrected chi connectivity index (χ1v) is 14.7. The highest BCUT2D eigenvalue weighted by Crippen LogP contribution is 2.56. The number of aromatic nitrogens is 3. The Balaban J connectivity index is 1.46. The van der Waals surface area contributed by atoms with Crippen LogP contribution in [-0.2, 0) is 10.8 Å². The molecule has 9 rings (SSSR count). The molecule has 2 aliphatic rings. The van der Waals surface area contributed by atoms with Crippen LogP contribution in [0.4, 0.5) is 17.3 Å². The Bertz CT molecular complexity index is 2250. The quantitative estimate of drug-likeness (QED) is 0.223. The maximum absolute atomic E-state index is 4.97. The number of anilines is 3. The average molecular weight is 543 g/mol. The van der Waals surface area contributed by atoms with E-state index in [4.69, 9.17) is 9.97 Å². The molecule has 4 heteroatoms. The molecular formula is C38H30N4. The van der Waals surface area contributed by atoms with Crippen LogP contribution in [0.2, 0.25) is 0 Å². The average Bonchev–Trinajstić information content (AvgIpc) is 3.34. The summed E-state index contributed by atoms with van der Waals surface area (Å²) in [4.78, 5) is 12.1. The van der Waals surface area contributed by atoms with Gasteiger partial charge in [0.1, 0.15) is 11.6 Å². The summed E-state index contributed by atoms with van der Waals surface area (Å²) >= 11 is 0. The van der Waals surface area contributed by atoms with Gasteiger partial charge in [-0.2, -0.15) is 0 Å².